The van der Waals surface area contributed by atoms with Crippen molar-refractivity contribution in [2.75, 3.05) is 30.3 Å². The topological polar surface area (TPSA) is 127 Å². The molecule has 2 aromatic heterocycles. The van der Waals surface area contributed by atoms with E-state index in [1.54, 1.807) is 42.7 Å². The fraction of sp³-hybridized carbons (Fsp3) is 0.185. The molecule has 0 aliphatic carbocycles. The lowest BCUT2D eigenvalue weighted by atomic mass is 10.0. The highest BCUT2D eigenvalue weighted by Crippen LogP contribution is 2.32. The molecule has 0 radical (unpaired) electrons. The van der Waals surface area contributed by atoms with Crippen LogP contribution in [0.15, 0.2) is 73.6 Å². The summed E-state index contributed by atoms with van der Waals surface area (Å²) in [5, 5.41) is 9.85. The SMILES string of the molecule is C=CC(=O)Nc1cccc(-c2c(F)ccc3cnc(Nc4ccc([C@@H]5OCCNC5CN)nc4)nc23)c1. The van der Waals surface area contributed by atoms with Crippen molar-refractivity contribution in [3.63, 3.8) is 0 Å². The maximum Gasteiger partial charge on any atom is 0.247 e. The van der Waals surface area contributed by atoms with Crippen molar-refractivity contribution in [2.24, 2.45) is 5.73 Å². The molecule has 3 heterocycles. The molecule has 1 aliphatic heterocycles. The molecule has 0 saturated carbocycles. The second-order valence-electron chi connectivity index (χ2n) is 8.51. The molecule has 1 fully saturated rings. The molecular weight excluding hydrogens is 473 g/mol. The Hall–Kier alpha value is -4.25. The fourth-order valence-corrected chi connectivity index (χ4v) is 4.28. The zero-order valence-electron chi connectivity index (χ0n) is 19.9. The number of nitrogens with one attached hydrogen (secondary N) is 3. The average molecular weight is 500 g/mol. The quantitative estimate of drug-likeness (QED) is 0.284. The number of halogens is 1. The summed E-state index contributed by atoms with van der Waals surface area (Å²) in [7, 11) is 0. The number of fused-ring (bicyclic) bond motifs is 1. The number of carbonyl (C=O) groups excluding carboxylic acids is 1. The standard InChI is InChI=1S/C27H26FN7O2/c1-2-23(36)33-18-5-3-4-16(12-18)24-20(28)8-6-17-14-32-27(35-25(17)24)34-19-7-9-21(31-15-19)26-22(13-29)30-10-11-37-26/h2-9,12,14-15,22,26,30H,1,10-11,13,29H2,(H,33,36)(H,32,34,35)/t22?,26-/m0/s1. The fourth-order valence-electron chi connectivity index (χ4n) is 4.28. The van der Waals surface area contributed by atoms with Gasteiger partial charge in [0.1, 0.15) is 11.9 Å². The molecule has 1 aliphatic rings. The molecule has 37 heavy (non-hydrogen) atoms. The second-order valence-corrected chi connectivity index (χ2v) is 8.51. The summed E-state index contributed by atoms with van der Waals surface area (Å²) in [6.45, 7) is 5.25. The minimum absolute atomic E-state index is 0.000733. The highest BCUT2D eigenvalue weighted by atomic mass is 19.1. The van der Waals surface area contributed by atoms with Crippen molar-refractivity contribution in [2.45, 2.75) is 12.1 Å². The monoisotopic (exact) mass is 499 g/mol. The van der Waals surface area contributed by atoms with E-state index >= 15 is 4.39 Å². The zero-order chi connectivity index (χ0) is 25.8. The first-order valence-electron chi connectivity index (χ1n) is 11.8. The number of hydrogen-bond acceptors (Lipinski definition) is 8. The molecular formula is C27H26FN7O2. The van der Waals surface area contributed by atoms with Gasteiger partial charge >= 0.3 is 0 Å². The normalized spacial score (nSPS) is 17.4. The molecule has 10 heteroatoms. The van der Waals surface area contributed by atoms with Crippen LogP contribution in [0.1, 0.15) is 11.8 Å². The van der Waals surface area contributed by atoms with E-state index in [4.69, 9.17) is 10.5 Å². The number of pyridine rings is 1. The molecule has 2 aromatic carbocycles. The van der Waals surface area contributed by atoms with E-state index in [9.17, 15) is 4.79 Å². The zero-order valence-corrected chi connectivity index (χ0v) is 19.9. The van der Waals surface area contributed by atoms with Crippen molar-refractivity contribution in [3.8, 4) is 11.1 Å². The van der Waals surface area contributed by atoms with E-state index in [1.807, 2.05) is 12.1 Å². The van der Waals surface area contributed by atoms with Crippen molar-refractivity contribution in [1.29, 1.82) is 0 Å². The van der Waals surface area contributed by atoms with Crippen LogP contribution in [0.4, 0.5) is 21.7 Å². The summed E-state index contributed by atoms with van der Waals surface area (Å²) in [4.78, 5) is 25.2. The highest BCUT2D eigenvalue weighted by Gasteiger charge is 2.27. The van der Waals surface area contributed by atoms with E-state index in [2.05, 4.69) is 37.5 Å². The summed E-state index contributed by atoms with van der Waals surface area (Å²) in [5.74, 6) is -0.500. The van der Waals surface area contributed by atoms with Gasteiger partial charge in [-0.15, -0.1) is 0 Å². The number of anilines is 3. The van der Waals surface area contributed by atoms with Crippen molar-refractivity contribution in [1.82, 2.24) is 20.3 Å². The van der Waals surface area contributed by atoms with Crippen LogP contribution in [-0.4, -0.2) is 46.6 Å². The summed E-state index contributed by atoms with van der Waals surface area (Å²) < 4.78 is 20.9. The Bertz CT molecular complexity index is 1440. The number of nitrogens with zero attached hydrogens (tertiary/aromatic N) is 3. The Kier molecular flexibility index (Phi) is 7.13. The van der Waals surface area contributed by atoms with E-state index in [1.165, 1.54) is 12.1 Å². The Morgan fingerprint density at radius 1 is 1.19 bits per heavy atom. The second kappa shape index (κ2) is 10.8. The summed E-state index contributed by atoms with van der Waals surface area (Å²) in [5.41, 5.74) is 9.13. The molecule has 0 spiro atoms. The number of rotatable bonds is 7. The van der Waals surface area contributed by atoms with Crippen LogP contribution in [0.5, 0.6) is 0 Å². The van der Waals surface area contributed by atoms with E-state index in [-0.39, 0.29) is 18.1 Å². The molecule has 188 valence electrons. The molecule has 4 aromatic rings. The van der Waals surface area contributed by atoms with Crippen molar-refractivity contribution >= 4 is 34.1 Å². The lowest BCUT2D eigenvalue weighted by molar-refractivity contribution is -0.111. The van der Waals surface area contributed by atoms with Gasteiger partial charge in [-0.05, 0) is 48.0 Å². The number of benzene rings is 2. The molecule has 1 saturated heterocycles. The van der Waals surface area contributed by atoms with Gasteiger partial charge in [0.2, 0.25) is 11.9 Å². The van der Waals surface area contributed by atoms with Crippen LogP contribution in [0, 0.1) is 5.82 Å². The minimum atomic E-state index is -0.439. The first-order valence-corrected chi connectivity index (χ1v) is 11.8. The lowest BCUT2D eigenvalue weighted by Gasteiger charge is -2.31. The van der Waals surface area contributed by atoms with Gasteiger partial charge in [0, 0.05) is 35.9 Å². The number of aromatic nitrogens is 3. The van der Waals surface area contributed by atoms with Crippen molar-refractivity contribution in [3.05, 3.63) is 85.1 Å². The third-order valence-corrected chi connectivity index (χ3v) is 6.07. The maximum atomic E-state index is 15.1. The third kappa shape index (κ3) is 5.31. The molecule has 2 atom stereocenters. The predicted octanol–water partition coefficient (Wildman–Crippen LogP) is 3.69. The van der Waals surface area contributed by atoms with Gasteiger partial charge in [0.05, 0.1) is 35.7 Å². The van der Waals surface area contributed by atoms with Crippen LogP contribution in [0.3, 0.4) is 0 Å². The summed E-state index contributed by atoms with van der Waals surface area (Å²) in [6.07, 6.45) is 4.26. The lowest BCUT2D eigenvalue weighted by Crippen LogP contribution is -2.48. The Balaban J connectivity index is 1.44. The first-order chi connectivity index (χ1) is 18.1. The number of morpholine rings is 1. The third-order valence-electron chi connectivity index (χ3n) is 6.07. The van der Waals surface area contributed by atoms with Crippen molar-refractivity contribution < 1.29 is 13.9 Å². The molecule has 1 unspecified atom stereocenters. The minimum Gasteiger partial charge on any atom is -0.369 e. The number of amides is 1. The molecule has 5 rings (SSSR count). The van der Waals surface area contributed by atoms with E-state index in [0.29, 0.717) is 52.5 Å². The molecule has 0 bridgehead atoms. The van der Waals surface area contributed by atoms with Crippen LogP contribution in [0.2, 0.25) is 0 Å². The van der Waals surface area contributed by atoms with Crippen LogP contribution >= 0.6 is 0 Å². The van der Waals surface area contributed by atoms with Gasteiger partial charge in [0.15, 0.2) is 0 Å². The van der Waals surface area contributed by atoms with Crippen LogP contribution < -0.4 is 21.7 Å². The average Bonchev–Trinajstić information content (AvgIpc) is 2.93. The number of hydrogen-bond donors (Lipinski definition) is 4. The summed E-state index contributed by atoms with van der Waals surface area (Å²) in [6, 6.07) is 13.6. The predicted molar refractivity (Wildman–Crippen MR) is 141 cm³/mol. The largest absolute Gasteiger partial charge is 0.369 e. The van der Waals surface area contributed by atoms with Gasteiger partial charge in [-0.25, -0.2) is 14.4 Å². The molecule has 5 N–H and O–H groups in total. The van der Waals surface area contributed by atoms with Gasteiger partial charge < -0.3 is 26.4 Å². The Morgan fingerprint density at radius 2 is 2.08 bits per heavy atom. The van der Waals surface area contributed by atoms with Gasteiger partial charge in [-0.3, -0.25) is 9.78 Å². The van der Waals surface area contributed by atoms with Gasteiger partial charge in [-0.1, -0.05) is 18.7 Å². The smallest absolute Gasteiger partial charge is 0.247 e. The Labute approximate surface area is 213 Å². The summed E-state index contributed by atoms with van der Waals surface area (Å²) >= 11 is 0. The van der Waals surface area contributed by atoms with Gasteiger partial charge in [0.25, 0.3) is 0 Å². The Morgan fingerprint density at radius 3 is 2.86 bits per heavy atom. The highest BCUT2D eigenvalue weighted by molar-refractivity contribution is 6.00. The first kappa shape index (κ1) is 24.4. The number of nitrogens with two attached hydrogens (primary N) is 1. The molecule has 9 nitrogen and oxygen atoms in total. The number of carbonyl (C=O) groups is 1. The van der Waals surface area contributed by atoms with Crippen LogP contribution in [-0.2, 0) is 9.53 Å². The van der Waals surface area contributed by atoms with Gasteiger partial charge in [-0.2, -0.15) is 0 Å². The maximum absolute atomic E-state index is 15.1. The molecule has 1 amide bonds. The number of ether oxygens (including phenoxy) is 1. The van der Waals surface area contributed by atoms with E-state index in [0.717, 1.165) is 12.2 Å². The van der Waals surface area contributed by atoms with E-state index < -0.39 is 5.82 Å². The van der Waals surface area contributed by atoms with Crippen LogP contribution in [0.25, 0.3) is 22.0 Å².